The fraction of sp³-hybridized carbons (Fsp3) is 0.455. The van der Waals surface area contributed by atoms with Crippen molar-refractivity contribution >= 4 is 5.91 Å². The van der Waals surface area contributed by atoms with E-state index in [-0.39, 0.29) is 24.4 Å². The van der Waals surface area contributed by atoms with Gasteiger partial charge < -0.3 is 5.32 Å². The molecule has 2 heterocycles. The average Bonchev–Trinajstić information content (AvgIpc) is 3.02. The molecule has 2 atom stereocenters. The zero-order valence-corrected chi connectivity index (χ0v) is 17.1. The topological polar surface area (TPSA) is 45.2 Å². The van der Waals surface area contributed by atoms with Crippen LogP contribution in [0.2, 0.25) is 0 Å². The van der Waals surface area contributed by atoms with Gasteiger partial charge in [-0.1, -0.05) is 26.0 Å². The first-order chi connectivity index (χ1) is 14.1. The summed E-state index contributed by atoms with van der Waals surface area (Å²) in [5.74, 6) is -0.155. The summed E-state index contributed by atoms with van der Waals surface area (Å²) in [5.41, 5.74) is 2.25. The first kappa shape index (κ1) is 22.2. The van der Waals surface area contributed by atoms with Crippen LogP contribution in [0.1, 0.15) is 59.6 Å². The summed E-state index contributed by atoms with van der Waals surface area (Å²) in [7, 11) is 0. The summed E-state index contributed by atoms with van der Waals surface area (Å²) in [6, 6.07) is 6.93. The van der Waals surface area contributed by atoms with Crippen molar-refractivity contribution in [3.05, 3.63) is 64.5 Å². The summed E-state index contributed by atoms with van der Waals surface area (Å²) in [6.07, 6.45) is -4.00. The van der Waals surface area contributed by atoms with Gasteiger partial charge in [0.25, 0.3) is 5.91 Å². The molecule has 1 unspecified atom stereocenters. The van der Waals surface area contributed by atoms with E-state index in [0.29, 0.717) is 18.7 Å². The van der Waals surface area contributed by atoms with Crippen LogP contribution in [0.4, 0.5) is 17.6 Å². The van der Waals surface area contributed by atoms with Gasteiger partial charge in [-0.2, -0.15) is 13.2 Å². The first-order valence-electron chi connectivity index (χ1n) is 9.87. The van der Waals surface area contributed by atoms with Crippen LogP contribution in [0.3, 0.4) is 0 Å². The molecule has 1 aromatic carbocycles. The molecule has 0 aliphatic carbocycles. The number of nitrogens with zero attached hydrogens (tertiary/aromatic N) is 2. The van der Waals surface area contributed by atoms with Gasteiger partial charge in [-0.15, -0.1) is 0 Å². The molecule has 0 saturated heterocycles. The van der Waals surface area contributed by atoms with E-state index in [4.69, 9.17) is 0 Å². The van der Waals surface area contributed by atoms with Gasteiger partial charge in [0, 0.05) is 25.8 Å². The van der Waals surface area contributed by atoms with Gasteiger partial charge in [-0.25, -0.2) is 4.39 Å². The predicted molar refractivity (Wildman–Crippen MR) is 105 cm³/mol. The number of pyridine rings is 1. The van der Waals surface area contributed by atoms with Crippen LogP contribution in [-0.2, 0) is 19.3 Å². The van der Waals surface area contributed by atoms with Crippen molar-refractivity contribution < 1.29 is 22.4 Å². The second-order valence-corrected chi connectivity index (χ2v) is 8.05. The molecule has 8 heteroatoms. The minimum Gasteiger partial charge on any atom is -0.349 e. The zero-order chi connectivity index (χ0) is 22.1. The molecular formula is C22H25F4N3O. The van der Waals surface area contributed by atoms with Gasteiger partial charge in [0.05, 0.1) is 22.9 Å². The normalized spacial score (nSPS) is 17.8. The maximum Gasteiger partial charge on any atom is 0.416 e. The lowest BCUT2D eigenvalue weighted by molar-refractivity contribution is -0.137. The highest BCUT2D eigenvalue weighted by molar-refractivity contribution is 5.94. The average molecular weight is 423 g/mol. The van der Waals surface area contributed by atoms with Gasteiger partial charge in [0.1, 0.15) is 6.17 Å². The largest absolute Gasteiger partial charge is 0.416 e. The Labute approximate surface area is 173 Å². The van der Waals surface area contributed by atoms with E-state index in [0.717, 1.165) is 29.0 Å². The van der Waals surface area contributed by atoms with Gasteiger partial charge in [-0.05, 0) is 42.2 Å². The Kier molecular flexibility index (Phi) is 6.45. The Morgan fingerprint density at radius 1 is 1.23 bits per heavy atom. The monoisotopic (exact) mass is 423 g/mol. The van der Waals surface area contributed by atoms with E-state index < -0.39 is 17.9 Å². The van der Waals surface area contributed by atoms with Crippen molar-refractivity contribution in [1.82, 2.24) is 15.2 Å². The van der Waals surface area contributed by atoms with E-state index in [1.165, 1.54) is 25.3 Å². The number of aromatic nitrogens is 1. The van der Waals surface area contributed by atoms with E-state index in [2.05, 4.69) is 29.0 Å². The Hall–Kier alpha value is -2.48. The van der Waals surface area contributed by atoms with Crippen LogP contribution in [0.5, 0.6) is 0 Å². The van der Waals surface area contributed by atoms with Crippen molar-refractivity contribution in [1.29, 1.82) is 0 Å². The molecule has 0 radical (unpaired) electrons. The molecule has 0 spiro atoms. The number of hydrogen-bond donors (Lipinski definition) is 1. The van der Waals surface area contributed by atoms with E-state index >= 15 is 0 Å². The van der Waals surface area contributed by atoms with E-state index in [1.807, 2.05) is 0 Å². The molecule has 1 aliphatic rings. The second kappa shape index (κ2) is 8.71. The SMILES string of the molecule is CC(F)CNC(=O)c1cnc2c(c1)CN(Cc1ccc(C(F)(F)F)cc1)[C@H]2C(C)C. The van der Waals surface area contributed by atoms with Crippen molar-refractivity contribution in [2.45, 2.75) is 52.3 Å². The molecule has 30 heavy (non-hydrogen) atoms. The van der Waals surface area contributed by atoms with Crippen molar-refractivity contribution in [3.63, 3.8) is 0 Å². The highest BCUT2D eigenvalue weighted by Crippen LogP contribution is 2.39. The number of rotatable bonds is 6. The number of carbonyl (C=O) groups excluding carboxylic acids is 1. The molecule has 0 saturated carbocycles. The summed E-state index contributed by atoms with van der Waals surface area (Å²) >= 11 is 0. The number of carbonyl (C=O) groups is 1. The van der Waals surface area contributed by atoms with Gasteiger partial charge >= 0.3 is 6.18 Å². The number of fused-ring (bicyclic) bond motifs is 1. The third-order valence-corrected chi connectivity index (χ3v) is 5.15. The van der Waals surface area contributed by atoms with E-state index in [9.17, 15) is 22.4 Å². The molecule has 1 aliphatic heterocycles. The maximum atomic E-state index is 13.0. The molecule has 4 nitrogen and oxygen atoms in total. The van der Waals surface area contributed by atoms with Crippen LogP contribution in [0.15, 0.2) is 36.5 Å². The third-order valence-electron chi connectivity index (χ3n) is 5.15. The third kappa shape index (κ3) is 4.98. The zero-order valence-electron chi connectivity index (χ0n) is 17.1. The van der Waals surface area contributed by atoms with Crippen LogP contribution in [0, 0.1) is 5.92 Å². The van der Waals surface area contributed by atoms with Gasteiger partial charge in [0.15, 0.2) is 0 Å². The fourth-order valence-electron chi connectivity index (χ4n) is 3.79. The molecule has 2 aromatic rings. The highest BCUT2D eigenvalue weighted by Gasteiger charge is 2.35. The van der Waals surface area contributed by atoms with Crippen molar-refractivity contribution in [3.8, 4) is 0 Å². The number of nitrogens with one attached hydrogen (secondary N) is 1. The van der Waals surface area contributed by atoms with Crippen LogP contribution in [-0.4, -0.2) is 28.5 Å². The Bertz CT molecular complexity index is 894. The minimum atomic E-state index is -4.36. The number of benzene rings is 1. The quantitative estimate of drug-likeness (QED) is 0.672. The molecule has 1 amide bonds. The number of amides is 1. The van der Waals surface area contributed by atoms with Crippen molar-refractivity contribution in [2.24, 2.45) is 5.92 Å². The van der Waals surface area contributed by atoms with Gasteiger partial charge in [-0.3, -0.25) is 14.7 Å². The minimum absolute atomic E-state index is 0.00901. The smallest absolute Gasteiger partial charge is 0.349 e. The molecule has 3 rings (SSSR count). The lowest BCUT2D eigenvalue weighted by Gasteiger charge is -2.27. The summed E-state index contributed by atoms with van der Waals surface area (Å²) < 4.78 is 51.4. The summed E-state index contributed by atoms with van der Waals surface area (Å²) in [4.78, 5) is 18.9. The van der Waals surface area contributed by atoms with E-state index in [1.54, 1.807) is 6.07 Å². The molecular weight excluding hydrogens is 398 g/mol. The standard InChI is InChI=1S/C22H25F4N3O/c1-13(2)20-19-17(8-16(10-27-19)21(30)28-9-14(3)23)12-29(20)11-15-4-6-18(7-5-15)22(24,25)26/h4-8,10,13-14,20H,9,11-12H2,1-3H3,(H,28,30)/t14?,20-/m0/s1. The molecule has 1 aromatic heterocycles. The summed E-state index contributed by atoms with van der Waals surface area (Å²) in [5, 5.41) is 2.53. The molecule has 162 valence electrons. The molecule has 0 fully saturated rings. The van der Waals surface area contributed by atoms with Crippen molar-refractivity contribution in [2.75, 3.05) is 6.54 Å². The number of alkyl halides is 4. The number of hydrogen-bond acceptors (Lipinski definition) is 3. The van der Waals surface area contributed by atoms with Crippen LogP contribution >= 0.6 is 0 Å². The summed E-state index contributed by atoms with van der Waals surface area (Å²) in [6.45, 7) is 6.43. The molecule has 0 bridgehead atoms. The fourth-order valence-corrected chi connectivity index (χ4v) is 3.79. The Morgan fingerprint density at radius 2 is 1.90 bits per heavy atom. The second-order valence-electron chi connectivity index (χ2n) is 8.05. The predicted octanol–water partition coefficient (Wildman–Crippen LogP) is 4.90. The molecule has 1 N–H and O–H groups in total. The first-order valence-corrected chi connectivity index (χ1v) is 9.87. The van der Waals surface area contributed by atoms with Crippen LogP contribution in [0.25, 0.3) is 0 Å². The maximum absolute atomic E-state index is 13.0. The highest BCUT2D eigenvalue weighted by atomic mass is 19.4. The Morgan fingerprint density at radius 3 is 2.47 bits per heavy atom. The van der Waals surface area contributed by atoms with Crippen LogP contribution < -0.4 is 5.32 Å². The lowest BCUT2D eigenvalue weighted by atomic mass is 9.99. The Balaban J connectivity index is 1.78. The number of halogens is 4. The lowest BCUT2D eigenvalue weighted by Crippen LogP contribution is -2.29. The van der Waals surface area contributed by atoms with Gasteiger partial charge in [0.2, 0.25) is 0 Å².